The second-order valence-electron chi connectivity index (χ2n) is 2.73. The van der Waals surface area contributed by atoms with Gasteiger partial charge < -0.3 is 15.2 Å². The normalized spacial score (nSPS) is 12.6. The van der Waals surface area contributed by atoms with Gasteiger partial charge in [0.15, 0.2) is 0 Å². The lowest BCUT2D eigenvalue weighted by atomic mass is 10.2. The van der Waals surface area contributed by atoms with Crippen LogP contribution in [0.1, 0.15) is 19.8 Å². The van der Waals surface area contributed by atoms with E-state index in [2.05, 4.69) is 0 Å². The number of esters is 1. The van der Waals surface area contributed by atoms with Crippen LogP contribution in [0.5, 0.6) is 0 Å². The second-order valence-corrected chi connectivity index (χ2v) is 2.73. The summed E-state index contributed by atoms with van der Waals surface area (Å²) in [5, 5.41) is 0. The lowest BCUT2D eigenvalue weighted by Crippen LogP contribution is -2.18. The fourth-order valence-electron chi connectivity index (χ4n) is 0.657. The largest absolute Gasteiger partial charge is 0.463 e. The van der Waals surface area contributed by atoms with Crippen LogP contribution < -0.4 is 5.73 Å². The number of hydrogen-bond donors (Lipinski definition) is 1. The van der Waals surface area contributed by atoms with Crippen molar-refractivity contribution >= 4 is 5.97 Å². The smallest absolute Gasteiger partial charge is 0.305 e. The quantitative estimate of drug-likeness (QED) is 0.466. The fraction of sp³-hybridized carbons (Fsp3) is 0.875. The van der Waals surface area contributed by atoms with Crippen LogP contribution in [-0.4, -0.2) is 32.3 Å². The summed E-state index contributed by atoms with van der Waals surface area (Å²) in [5.74, 6) is -0.204. The number of ether oxygens (including phenoxy) is 2. The third-order valence-electron chi connectivity index (χ3n) is 1.35. The van der Waals surface area contributed by atoms with Gasteiger partial charge in [-0.05, 0) is 13.3 Å². The Morgan fingerprint density at radius 3 is 2.67 bits per heavy atom. The van der Waals surface area contributed by atoms with Gasteiger partial charge >= 0.3 is 5.97 Å². The van der Waals surface area contributed by atoms with E-state index in [0.717, 1.165) is 0 Å². The first-order chi connectivity index (χ1) is 5.66. The van der Waals surface area contributed by atoms with Crippen LogP contribution in [0.25, 0.3) is 0 Å². The summed E-state index contributed by atoms with van der Waals surface area (Å²) in [4.78, 5) is 10.9. The van der Waals surface area contributed by atoms with Gasteiger partial charge in [-0.25, -0.2) is 0 Å². The molecule has 0 rings (SSSR count). The van der Waals surface area contributed by atoms with Crippen molar-refractivity contribution in [2.45, 2.75) is 25.8 Å². The number of nitrogens with two attached hydrogens (primary N) is 1. The number of rotatable bonds is 6. The van der Waals surface area contributed by atoms with Gasteiger partial charge in [0.2, 0.25) is 0 Å². The molecule has 0 spiro atoms. The summed E-state index contributed by atoms with van der Waals surface area (Å²) in [6, 6.07) is 0.0555. The summed E-state index contributed by atoms with van der Waals surface area (Å²) >= 11 is 0. The minimum absolute atomic E-state index is 0.0555. The molecule has 0 amide bonds. The van der Waals surface area contributed by atoms with E-state index in [9.17, 15) is 4.79 Å². The highest BCUT2D eigenvalue weighted by Crippen LogP contribution is 1.95. The Hall–Kier alpha value is -0.610. The fourth-order valence-corrected chi connectivity index (χ4v) is 0.657. The Balaban J connectivity index is 3.22. The summed E-state index contributed by atoms with van der Waals surface area (Å²) in [6.07, 6.45) is 1.06. The van der Waals surface area contributed by atoms with Crippen molar-refractivity contribution in [3.05, 3.63) is 0 Å². The van der Waals surface area contributed by atoms with Crippen LogP contribution in [0, 0.1) is 0 Å². The van der Waals surface area contributed by atoms with Crippen molar-refractivity contribution in [3.8, 4) is 0 Å². The summed E-state index contributed by atoms with van der Waals surface area (Å²) in [7, 11) is 1.57. The monoisotopic (exact) mass is 175 g/mol. The highest BCUT2D eigenvalue weighted by atomic mass is 16.6. The van der Waals surface area contributed by atoms with Crippen molar-refractivity contribution in [2.75, 3.05) is 20.3 Å². The Morgan fingerprint density at radius 2 is 2.17 bits per heavy atom. The number of carbonyl (C=O) groups is 1. The molecule has 0 aromatic heterocycles. The summed E-state index contributed by atoms with van der Waals surface area (Å²) < 4.78 is 9.53. The van der Waals surface area contributed by atoms with Crippen LogP contribution in [0.4, 0.5) is 0 Å². The van der Waals surface area contributed by atoms with Crippen molar-refractivity contribution in [1.29, 1.82) is 0 Å². The van der Waals surface area contributed by atoms with Crippen LogP contribution in [0.3, 0.4) is 0 Å². The zero-order chi connectivity index (χ0) is 9.40. The molecule has 0 heterocycles. The van der Waals surface area contributed by atoms with E-state index in [1.807, 2.05) is 6.92 Å². The molecular formula is C8H17NO3. The molecule has 0 aliphatic rings. The number of carbonyl (C=O) groups excluding carboxylic acids is 1. The van der Waals surface area contributed by atoms with E-state index in [0.29, 0.717) is 26.1 Å². The molecule has 4 nitrogen and oxygen atoms in total. The van der Waals surface area contributed by atoms with Gasteiger partial charge in [-0.2, -0.15) is 0 Å². The third kappa shape index (κ3) is 7.50. The third-order valence-corrected chi connectivity index (χ3v) is 1.35. The summed E-state index contributed by atoms with van der Waals surface area (Å²) in [6.45, 7) is 2.64. The molecule has 2 N–H and O–H groups in total. The van der Waals surface area contributed by atoms with E-state index < -0.39 is 0 Å². The molecule has 1 atom stereocenters. The predicted octanol–water partition coefficient (Wildman–Crippen LogP) is 0.303. The number of methoxy groups -OCH3 is 1. The SMILES string of the molecule is COCCOC(=O)CC[C@H](C)N. The van der Waals surface area contributed by atoms with Gasteiger partial charge in [-0.1, -0.05) is 0 Å². The molecule has 72 valence electrons. The molecule has 12 heavy (non-hydrogen) atoms. The standard InChI is InChI=1S/C8H17NO3/c1-7(9)3-4-8(10)12-6-5-11-2/h7H,3-6,9H2,1-2H3/t7-/m0/s1. The molecule has 0 unspecified atom stereocenters. The average Bonchev–Trinajstić information content (AvgIpc) is 2.01. The molecule has 0 aliphatic carbocycles. The molecular weight excluding hydrogens is 158 g/mol. The van der Waals surface area contributed by atoms with E-state index in [1.54, 1.807) is 7.11 Å². The molecule has 0 aliphatic heterocycles. The maximum Gasteiger partial charge on any atom is 0.305 e. The van der Waals surface area contributed by atoms with Gasteiger partial charge in [0.1, 0.15) is 6.61 Å². The Morgan fingerprint density at radius 1 is 1.50 bits per heavy atom. The van der Waals surface area contributed by atoms with Gasteiger partial charge in [-0.3, -0.25) is 4.79 Å². The van der Waals surface area contributed by atoms with Gasteiger partial charge in [0.25, 0.3) is 0 Å². The van der Waals surface area contributed by atoms with Crippen molar-refractivity contribution in [1.82, 2.24) is 0 Å². The second kappa shape index (κ2) is 7.06. The molecule has 0 fully saturated rings. The molecule has 0 saturated heterocycles. The Bertz CT molecular complexity index is 125. The minimum atomic E-state index is -0.204. The molecule has 4 heteroatoms. The Labute approximate surface area is 73.0 Å². The Kier molecular flexibility index (Phi) is 6.70. The van der Waals surface area contributed by atoms with E-state index in [1.165, 1.54) is 0 Å². The van der Waals surface area contributed by atoms with Crippen molar-refractivity contribution in [2.24, 2.45) is 5.73 Å². The summed E-state index contributed by atoms with van der Waals surface area (Å²) in [5.41, 5.74) is 5.46. The van der Waals surface area contributed by atoms with Crippen molar-refractivity contribution in [3.63, 3.8) is 0 Å². The van der Waals surface area contributed by atoms with Gasteiger partial charge in [0, 0.05) is 19.6 Å². The first kappa shape index (κ1) is 11.4. The highest BCUT2D eigenvalue weighted by molar-refractivity contribution is 5.69. The molecule has 0 radical (unpaired) electrons. The highest BCUT2D eigenvalue weighted by Gasteiger charge is 2.03. The zero-order valence-corrected chi connectivity index (χ0v) is 7.71. The topological polar surface area (TPSA) is 61.5 Å². The van der Waals surface area contributed by atoms with E-state index in [4.69, 9.17) is 15.2 Å². The van der Waals surface area contributed by atoms with E-state index >= 15 is 0 Å². The zero-order valence-electron chi connectivity index (χ0n) is 7.71. The lowest BCUT2D eigenvalue weighted by molar-refractivity contribution is -0.145. The maximum absolute atomic E-state index is 10.9. The van der Waals surface area contributed by atoms with E-state index in [-0.39, 0.29) is 12.0 Å². The lowest BCUT2D eigenvalue weighted by Gasteiger charge is -2.05. The minimum Gasteiger partial charge on any atom is -0.463 e. The molecule has 0 saturated carbocycles. The van der Waals surface area contributed by atoms with Crippen LogP contribution in [-0.2, 0) is 14.3 Å². The molecule has 0 aromatic carbocycles. The molecule has 0 aromatic rings. The van der Waals surface area contributed by atoms with Gasteiger partial charge in [-0.15, -0.1) is 0 Å². The predicted molar refractivity (Wildman–Crippen MR) is 45.7 cm³/mol. The van der Waals surface area contributed by atoms with Crippen LogP contribution in [0.2, 0.25) is 0 Å². The number of hydrogen-bond acceptors (Lipinski definition) is 4. The van der Waals surface area contributed by atoms with Crippen LogP contribution >= 0.6 is 0 Å². The first-order valence-electron chi connectivity index (χ1n) is 4.07. The van der Waals surface area contributed by atoms with Gasteiger partial charge in [0.05, 0.1) is 6.61 Å². The average molecular weight is 175 g/mol. The van der Waals surface area contributed by atoms with Crippen molar-refractivity contribution < 1.29 is 14.3 Å². The van der Waals surface area contributed by atoms with Crippen LogP contribution in [0.15, 0.2) is 0 Å². The molecule has 0 bridgehead atoms. The maximum atomic E-state index is 10.9. The first-order valence-corrected chi connectivity index (χ1v) is 4.07.